The first-order chi connectivity index (χ1) is 10.3. The van der Waals surface area contributed by atoms with E-state index in [1.54, 1.807) is 6.20 Å². The summed E-state index contributed by atoms with van der Waals surface area (Å²) in [6.07, 6.45) is 4.11. The van der Waals surface area contributed by atoms with Crippen LogP contribution in [0.25, 0.3) is 0 Å². The first-order valence-corrected chi connectivity index (χ1v) is 8.07. The molecular weight excluding hydrogens is 342 g/mol. The molecule has 1 aromatic carbocycles. The number of aryl methyl sites for hydroxylation is 1. The van der Waals surface area contributed by atoms with Gasteiger partial charge in [0.25, 0.3) is 0 Å². The van der Waals surface area contributed by atoms with E-state index in [4.69, 9.17) is 0 Å². The van der Waals surface area contributed by atoms with E-state index in [0.717, 1.165) is 15.9 Å². The fourth-order valence-corrected chi connectivity index (χ4v) is 2.57. The number of nitrogens with one attached hydrogen (secondary N) is 1. The van der Waals surface area contributed by atoms with E-state index in [0.29, 0.717) is 6.42 Å². The second kappa shape index (κ2) is 6.65. The highest BCUT2D eigenvalue weighted by atomic mass is 79.9. The predicted molar refractivity (Wildman–Crippen MR) is 91.4 cm³/mol. The topological polar surface area (TPSA) is 46.9 Å². The number of nitrogens with zero attached hydrogens (tertiary/aromatic N) is 2. The molecule has 1 amide bonds. The Morgan fingerprint density at radius 3 is 2.45 bits per heavy atom. The van der Waals surface area contributed by atoms with Crippen LogP contribution in [0.1, 0.15) is 44.6 Å². The summed E-state index contributed by atoms with van der Waals surface area (Å²) in [5.74, 6) is 0.855. The molecule has 4 nitrogen and oxygen atoms in total. The van der Waals surface area contributed by atoms with Crippen LogP contribution < -0.4 is 5.32 Å². The third kappa shape index (κ3) is 4.44. The Labute approximate surface area is 140 Å². The first kappa shape index (κ1) is 16.7. The average Bonchev–Trinajstić information content (AvgIpc) is 2.81. The highest BCUT2D eigenvalue weighted by molar-refractivity contribution is 9.10. The van der Waals surface area contributed by atoms with Gasteiger partial charge in [-0.1, -0.05) is 48.8 Å². The Hall–Kier alpha value is -1.62. The Morgan fingerprint density at radius 1 is 1.32 bits per heavy atom. The van der Waals surface area contributed by atoms with Crippen molar-refractivity contribution in [2.45, 2.75) is 33.2 Å². The van der Waals surface area contributed by atoms with Crippen molar-refractivity contribution in [3.8, 4) is 0 Å². The van der Waals surface area contributed by atoms with Gasteiger partial charge >= 0.3 is 0 Å². The molecule has 1 unspecified atom stereocenters. The monoisotopic (exact) mass is 363 g/mol. The molecule has 22 heavy (non-hydrogen) atoms. The van der Waals surface area contributed by atoms with Crippen LogP contribution in [-0.2, 0) is 11.8 Å². The molecule has 2 rings (SSSR count). The lowest BCUT2D eigenvalue weighted by Crippen LogP contribution is -2.33. The molecule has 0 aliphatic heterocycles. The number of amides is 1. The molecule has 0 fully saturated rings. The fraction of sp³-hybridized carbons (Fsp3) is 0.412. The number of hydrogen-bond acceptors (Lipinski definition) is 2. The van der Waals surface area contributed by atoms with E-state index >= 15 is 0 Å². The molecule has 5 heteroatoms. The van der Waals surface area contributed by atoms with Crippen molar-refractivity contribution in [2.24, 2.45) is 12.5 Å². The molecule has 0 saturated carbocycles. The lowest BCUT2D eigenvalue weighted by Gasteiger charge is -2.22. The zero-order valence-corrected chi connectivity index (χ0v) is 15.0. The van der Waals surface area contributed by atoms with Crippen LogP contribution in [0.4, 0.5) is 0 Å². The van der Waals surface area contributed by atoms with Gasteiger partial charge in [0.05, 0.1) is 0 Å². The molecule has 1 heterocycles. The van der Waals surface area contributed by atoms with Gasteiger partial charge in [0.15, 0.2) is 0 Å². The SMILES string of the molecule is Cn1ccnc1C(NC(=O)CC(C)(C)C)c1ccc(Br)cc1. The smallest absolute Gasteiger partial charge is 0.221 e. The number of imidazole rings is 1. The second-order valence-corrected chi connectivity index (χ2v) is 7.60. The molecule has 0 radical (unpaired) electrons. The molecule has 0 saturated heterocycles. The number of carbonyl (C=O) groups excluding carboxylic acids is 1. The molecule has 1 aromatic heterocycles. The molecule has 0 spiro atoms. The van der Waals surface area contributed by atoms with Crippen molar-refractivity contribution in [1.29, 1.82) is 0 Å². The number of rotatable bonds is 4. The lowest BCUT2D eigenvalue weighted by atomic mass is 9.91. The van der Waals surface area contributed by atoms with Crippen molar-refractivity contribution >= 4 is 21.8 Å². The fourth-order valence-electron chi connectivity index (χ4n) is 2.30. The van der Waals surface area contributed by atoms with Crippen LogP contribution in [0.15, 0.2) is 41.1 Å². The van der Waals surface area contributed by atoms with E-state index in [-0.39, 0.29) is 17.4 Å². The van der Waals surface area contributed by atoms with Crippen LogP contribution in [0.5, 0.6) is 0 Å². The molecular formula is C17H22BrN3O. The molecule has 1 N–H and O–H groups in total. The highest BCUT2D eigenvalue weighted by Gasteiger charge is 2.23. The summed E-state index contributed by atoms with van der Waals surface area (Å²) < 4.78 is 2.94. The van der Waals surface area contributed by atoms with E-state index in [9.17, 15) is 4.79 Å². The first-order valence-electron chi connectivity index (χ1n) is 7.28. The van der Waals surface area contributed by atoms with E-state index in [2.05, 4.69) is 47.0 Å². The third-order valence-electron chi connectivity index (χ3n) is 3.32. The van der Waals surface area contributed by atoms with Gasteiger partial charge in [0.1, 0.15) is 11.9 Å². The third-order valence-corrected chi connectivity index (χ3v) is 3.84. The summed E-state index contributed by atoms with van der Waals surface area (Å²) in [5.41, 5.74) is 0.968. The quantitative estimate of drug-likeness (QED) is 0.897. The number of aromatic nitrogens is 2. The maximum absolute atomic E-state index is 12.4. The number of carbonyl (C=O) groups is 1. The standard InChI is InChI=1S/C17H22BrN3O/c1-17(2,3)11-14(22)20-15(16-19-9-10-21(16)4)12-5-7-13(18)8-6-12/h5-10,15H,11H2,1-4H3,(H,20,22). The Kier molecular flexibility index (Phi) is 5.06. The van der Waals surface area contributed by atoms with Gasteiger partial charge < -0.3 is 9.88 Å². The molecule has 2 aromatic rings. The van der Waals surface area contributed by atoms with Gasteiger partial charge in [0, 0.05) is 30.3 Å². The average molecular weight is 364 g/mol. The van der Waals surface area contributed by atoms with Gasteiger partial charge in [-0.05, 0) is 23.1 Å². The maximum Gasteiger partial charge on any atom is 0.221 e. The van der Waals surface area contributed by atoms with Gasteiger partial charge in [-0.2, -0.15) is 0 Å². The summed E-state index contributed by atoms with van der Waals surface area (Å²) in [6, 6.07) is 7.70. The highest BCUT2D eigenvalue weighted by Crippen LogP contribution is 2.24. The lowest BCUT2D eigenvalue weighted by molar-refractivity contribution is -0.123. The van der Waals surface area contributed by atoms with Crippen molar-refractivity contribution < 1.29 is 4.79 Å². The van der Waals surface area contributed by atoms with E-state index in [1.807, 2.05) is 42.1 Å². The van der Waals surface area contributed by atoms with Crippen LogP contribution in [0.2, 0.25) is 0 Å². The largest absolute Gasteiger partial charge is 0.342 e. The van der Waals surface area contributed by atoms with Crippen molar-refractivity contribution in [2.75, 3.05) is 0 Å². The maximum atomic E-state index is 12.4. The normalized spacial score (nSPS) is 13.0. The van der Waals surface area contributed by atoms with Crippen molar-refractivity contribution in [3.05, 3.63) is 52.5 Å². The number of benzene rings is 1. The van der Waals surface area contributed by atoms with Crippen molar-refractivity contribution in [1.82, 2.24) is 14.9 Å². The van der Waals surface area contributed by atoms with Gasteiger partial charge in [0.2, 0.25) is 5.91 Å². The summed E-state index contributed by atoms with van der Waals surface area (Å²) in [5, 5.41) is 3.11. The molecule has 1 atom stereocenters. The summed E-state index contributed by atoms with van der Waals surface area (Å²) >= 11 is 3.44. The van der Waals surface area contributed by atoms with Crippen LogP contribution in [-0.4, -0.2) is 15.5 Å². The summed E-state index contributed by atoms with van der Waals surface area (Å²) in [6.45, 7) is 6.17. The zero-order valence-electron chi connectivity index (χ0n) is 13.4. The molecule has 0 aliphatic carbocycles. The second-order valence-electron chi connectivity index (χ2n) is 6.69. The van der Waals surface area contributed by atoms with Crippen LogP contribution in [0, 0.1) is 5.41 Å². The minimum atomic E-state index is -0.247. The van der Waals surface area contributed by atoms with Gasteiger partial charge in [-0.25, -0.2) is 4.98 Å². The van der Waals surface area contributed by atoms with Crippen LogP contribution >= 0.6 is 15.9 Å². The Morgan fingerprint density at radius 2 is 1.95 bits per heavy atom. The van der Waals surface area contributed by atoms with E-state index in [1.165, 1.54) is 0 Å². The Bertz CT molecular complexity index is 641. The minimum absolute atomic E-state index is 0.0309. The molecule has 118 valence electrons. The summed E-state index contributed by atoms with van der Waals surface area (Å²) in [4.78, 5) is 16.8. The molecule has 0 bridgehead atoms. The Balaban J connectivity index is 2.29. The van der Waals surface area contributed by atoms with E-state index < -0.39 is 0 Å². The van der Waals surface area contributed by atoms with Gasteiger partial charge in [-0.15, -0.1) is 0 Å². The van der Waals surface area contributed by atoms with Crippen molar-refractivity contribution in [3.63, 3.8) is 0 Å². The van der Waals surface area contributed by atoms with Gasteiger partial charge in [-0.3, -0.25) is 4.79 Å². The predicted octanol–water partition coefficient (Wildman–Crippen LogP) is 3.82. The number of hydrogen-bond donors (Lipinski definition) is 1. The van der Waals surface area contributed by atoms with Crippen LogP contribution in [0.3, 0.4) is 0 Å². The molecule has 0 aliphatic rings. The summed E-state index contributed by atoms with van der Waals surface area (Å²) in [7, 11) is 1.93. The number of halogens is 1. The minimum Gasteiger partial charge on any atom is -0.342 e. The zero-order chi connectivity index (χ0) is 16.3.